The van der Waals surface area contributed by atoms with E-state index in [9.17, 15) is 9.59 Å². The quantitative estimate of drug-likeness (QED) is 0.688. The lowest BCUT2D eigenvalue weighted by Crippen LogP contribution is -2.32. The van der Waals surface area contributed by atoms with Crippen LogP contribution >= 0.6 is 11.6 Å². The third kappa shape index (κ3) is 6.17. The molecule has 0 amide bonds. The second-order valence-corrected chi connectivity index (χ2v) is 4.76. The molecule has 1 aromatic rings. The molecule has 0 aliphatic carbocycles. The summed E-state index contributed by atoms with van der Waals surface area (Å²) in [6, 6.07) is 8.74. The van der Waals surface area contributed by atoms with E-state index in [1.54, 1.807) is 24.3 Å². The lowest BCUT2D eigenvalue weighted by atomic mass is 9.99. The molecule has 1 heterocycles. The summed E-state index contributed by atoms with van der Waals surface area (Å²) in [5, 5.41) is 2.80. The summed E-state index contributed by atoms with van der Waals surface area (Å²) in [7, 11) is 0. The monoisotopic (exact) mass is 297 g/mol. The standard InChI is InChI=1S/C8H15NO2.C7H5ClO/c1-2-11-8(10)7-3-5-9-6-4-7;8-7(9)6-4-2-1-3-5-6/h7,9H,2-6H2,1H3;1-5H. The van der Waals surface area contributed by atoms with Crippen molar-refractivity contribution in [1.29, 1.82) is 0 Å². The molecular weight excluding hydrogens is 278 g/mol. The van der Waals surface area contributed by atoms with Crippen molar-refractivity contribution in [2.45, 2.75) is 19.8 Å². The number of carbonyl (C=O) groups is 2. The van der Waals surface area contributed by atoms with E-state index in [1.165, 1.54) is 0 Å². The maximum Gasteiger partial charge on any atom is 0.309 e. The van der Waals surface area contributed by atoms with Gasteiger partial charge in [-0.2, -0.15) is 0 Å². The predicted molar refractivity (Wildman–Crippen MR) is 78.9 cm³/mol. The fraction of sp³-hybridized carbons (Fsp3) is 0.467. The smallest absolute Gasteiger partial charge is 0.309 e. The van der Waals surface area contributed by atoms with E-state index in [-0.39, 0.29) is 11.9 Å². The van der Waals surface area contributed by atoms with E-state index in [1.807, 2.05) is 13.0 Å². The number of benzene rings is 1. The van der Waals surface area contributed by atoms with Gasteiger partial charge >= 0.3 is 5.97 Å². The lowest BCUT2D eigenvalue weighted by molar-refractivity contribution is -0.148. The highest BCUT2D eigenvalue weighted by molar-refractivity contribution is 6.67. The van der Waals surface area contributed by atoms with Gasteiger partial charge in [0.1, 0.15) is 0 Å². The van der Waals surface area contributed by atoms with Gasteiger partial charge in [-0.05, 0) is 44.5 Å². The minimum absolute atomic E-state index is 0.0194. The van der Waals surface area contributed by atoms with E-state index in [0.717, 1.165) is 25.9 Å². The molecule has 0 bridgehead atoms. The van der Waals surface area contributed by atoms with Crippen LogP contribution in [0.1, 0.15) is 30.1 Å². The lowest BCUT2D eigenvalue weighted by Gasteiger charge is -2.20. The number of hydrogen-bond donors (Lipinski definition) is 1. The highest BCUT2D eigenvalue weighted by Crippen LogP contribution is 2.12. The molecule has 1 N–H and O–H groups in total. The second-order valence-electron chi connectivity index (χ2n) is 4.42. The summed E-state index contributed by atoms with van der Waals surface area (Å²) >= 11 is 5.16. The number of piperidine rings is 1. The van der Waals surface area contributed by atoms with Gasteiger partial charge in [-0.15, -0.1) is 0 Å². The molecule has 1 saturated heterocycles. The van der Waals surface area contributed by atoms with Crippen LogP contribution in [0.4, 0.5) is 0 Å². The van der Waals surface area contributed by atoms with Gasteiger partial charge in [-0.25, -0.2) is 0 Å². The van der Waals surface area contributed by atoms with Crippen LogP contribution in [0, 0.1) is 5.92 Å². The Morgan fingerprint density at radius 2 is 1.85 bits per heavy atom. The SMILES string of the molecule is CCOC(=O)C1CCNCC1.O=C(Cl)c1ccccc1. The maximum atomic E-state index is 11.1. The summed E-state index contributed by atoms with van der Waals surface area (Å²) in [4.78, 5) is 21.6. The summed E-state index contributed by atoms with van der Waals surface area (Å²) in [5.41, 5.74) is 0.541. The van der Waals surface area contributed by atoms with E-state index >= 15 is 0 Å². The van der Waals surface area contributed by atoms with Crippen LogP contribution in [0.25, 0.3) is 0 Å². The summed E-state index contributed by atoms with van der Waals surface area (Å²) in [6.07, 6.45) is 1.86. The minimum Gasteiger partial charge on any atom is -0.466 e. The van der Waals surface area contributed by atoms with E-state index in [0.29, 0.717) is 12.2 Å². The fourth-order valence-corrected chi connectivity index (χ4v) is 2.01. The van der Waals surface area contributed by atoms with Gasteiger partial charge in [-0.3, -0.25) is 9.59 Å². The van der Waals surface area contributed by atoms with Crippen LogP contribution in [-0.2, 0) is 9.53 Å². The first-order valence-electron chi connectivity index (χ1n) is 6.77. The number of rotatable bonds is 3. The Hall–Kier alpha value is -1.39. The second kappa shape index (κ2) is 9.50. The van der Waals surface area contributed by atoms with Crippen molar-refractivity contribution in [3.8, 4) is 0 Å². The molecule has 1 aliphatic rings. The predicted octanol–water partition coefficient (Wildman–Crippen LogP) is 2.61. The van der Waals surface area contributed by atoms with E-state index < -0.39 is 5.24 Å². The molecule has 0 atom stereocenters. The molecule has 1 aromatic carbocycles. The zero-order chi connectivity index (χ0) is 14.8. The molecular formula is C15H20ClNO3. The first-order chi connectivity index (χ1) is 9.65. The highest BCUT2D eigenvalue weighted by Gasteiger charge is 2.21. The number of ether oxygens (including phenoxy) is 1. The summed E-state index contributed by atoms with van der Waals surface area (Å²) in [5.74, 6) is 0.130. The summed E-state index contributed by atoms with van der Waals surface area (Å²) < 4.78 is 4.91. The first-order valence-corrected chi connectivity index (χ1v) is 7.15. The average molecular weight is 298 g/mol. The zero-order valence-corrected chi connectivity index (χ0v) is 12.4. The molecule has 0 unspecified atom stereocenters. The number of carbonyl (C=O) groups excluding carboxylic acids is 2. The Kier molecular flexibility index (Phi) is 7.92. The van der Waals surface area contributed by atoms with Crippen molar-refractivity contribution >= 4 is 22.8 Å². The van der Waals surface area contributed by atoms with Crippen molar-refractivity contribution in [1.82, 2.24) is 5.32 Å². The van der Waals surface area contributed by atoms with Crippen LogP contribution < -0.4 is 5.32 Å². The summed E-state index contributed by atoms with van der Waals surface area (Å²) in [6.45, 7) is 4.24. The third-order valence-electron chi connectivity index (χ3n) is 2.96. The van der Waals surface area contributed by atoms with Gasteiger partial charge in [0.05, 0.1) is 12.5 Å². The third-order valence-corrected chi connectivity index (χ3v) is 3.18. The molecule has 0 spiro atoms. The Morgan fingerprint density at radius 1 is 1.25 bits per heavy atom. The van der Waals surface area contributed by atoms with E-state index in [2.05, 4.69) is 5.32 Å². The Labute approximate surface area is 124 Å². The molecule has 0 radical (unpaired) electrons. The molecule has 0 aromatic heterocycles. The van der Waals surface area contributed by atoms with Crippen molar-refractivity contribution < 1.29 is 14.3 Å². The highest BCUT2D eigenvalue weighted by atomic mass is 35.5. The van der Waals surface area contributed by atoms with Crippen molar-refractivity contribution in [3.63, 3.8) is 0 Å². The van der Waals surface area contributed by atoms with Gasteiger partial charge in [0.2, 0.25) is 0 Å². The van der Waals surface area contributed by atoms with Crippen molar-refractivity contribution in [2.24, 2.45) is 5.92 Å². The maximum absolute atomic E-state index is 11.1. The van der Waals surface area contributed by atoms with Gasteiger partial charge in [-0.1, -0.05) is 30.3 Å². The Balaban J connectivity index is 0.000000204. The largest absolute Gasteiger partial charge is 0.466 e. The average Bonchev–Trinajstić information content (AvgIpc) is 2.50. The van der Waals surface area contributed by atoms with Crippen LogP contribution in [0.5, 0.6) is 0 Å². The minimum atomic E-state index is -0.407. The molecule has 110 valence electrons. The van der Waals surface area contributed by atoms with E-state index in [4.69, 9.17) is 16.3 Å². The topological polar surface area (TPSA) is 55.4 Å². The zero-order valence-electron chi connectivity index (χ0n) is 11.6. The van der Waals surface area contributed by atoms with Crippen LogP contribution in [0.2, 0.25) is 0 Å². The number of esters is 1. The first kappa shape index (κ1) is 16.7. The van der Waals surface area contributed by atoms with Gasteiger partial charge in [0, 0.05) is 5.56 Å². The fourth-order valence-electron chi connectivity index (χ4n) is 1.89. The molecule has 4 nitrogen and oxygen atoms in total. The van der Waals surface area contributed by atoms with Gasteiger partial charge in [0.15, 0.2) is 0 Å². The van der Waals surface area contributed by atoms with Crippen LogP contribution in [0.15, 0.2) is 30.3 Å². The molecule has 1 fully saturated rings. The normalized spacial score (nSPS) is 14.9. The molecule has 5 heteroatoms. The Bertz CT molecular complexity index is 416. The number of hydrogen-bond acceptors (Lipinski definition) is 4. The Morgan fingerprint density at radius 3 is 2.30 bits per heavy atom. The number of halogens is 1. The molecule has 20 heavy (non-hydrogen) atoms. The van der Waals surface area contributed by atoms with Crippen LogP contribution in [0.3, 0.4) is 0 Å². The molecule has 1 aliphatic heterocycles. The van der Waals surface area contributed by atoms with Gasteiger partial charge < -0.3 is 10.1 Å². The van der Waals surface area contributed by atoms with Crippen molar-refractivity contribution in [2.75, 3.05) is 19.7 Å². The molecule has 2 rings (SSSR count). The van der Waals surface area contributed by atoms with Gasteiger partial charge in [0.25, 0.3) is 5.24 Å². The number of nitrogens with one attached hydrogen (secondary N) is 1. The van der Waals surface area contributed by atoms with Crippen molar-refractivity contribution in [3.05, 3.63) is 35.9 Å². The van der Waals surface area contributed by atoms with Crippen LogP contribution in [-0.4, -0.2) is 30.9 Å². The molecule has 0 saturated carbocycles.